The number of anilines is 1. The molecular weight excluding hydrogens is 477 g/mol. The number of ether oxygens (including phenoxy) is 1. The zero-order chi connectivity index (χ0) is 26.5. The molecule has 0 aliphatic rings. The van der Waals surface area contributed by atoms with E-state index in [1.54, 1.807) is 30.3 Å². The van der Waals surface area contributed by atoms with Crippen molar-refractivity contribution < 1.29 is 27.5 Å². The van der Waals surface area contributed by atoms with Crippen molar-refractivity contribution in [2.45, 2.75) is 32.5 Å². The van der Waals surface area contributed by atoms with Crippen LogP contribution in [0.1, 0.15) is 35.1 Å². The van der Waals surface area contributed by atoms with Crippen LogP contribution in [0, 0.1) is 18.3 Å². The van der Waals surface area contributed by atoms with Gasteiger partial charge in [0.15, 0.2) is 6.10 Å². The number of halogens is 3. The molecule has 8 nitrogen and oxygen atoms in total. The Kier molecular flexibility index (Phi) is 7.89. The number of para-hydroxylation sites is 1. The van der Waals surface area contributed by atoms with Gasteiger partial charge in [0.25, 0.3) is 5.91 Å². The van der Waals surface area contributed by atoms with Gasteiger partial charge in [-0.25, -0.2) is 9.48 Å². The molecule has 186 valence electrons. The number of aromatic nitrogens is 2. The van der Waals surface area contributed by atoms with Gasteiger partial charge in [-0.05, 0) is 44.2 Å². The number of carbonyl (C=O) groups is 2. The lowest BCUT2D eigenvalue weighted by atomic mass is 10.2. The fourth-order valence-corrected chi connectivity index (χ4v) is 3.39. The van der Waals surface area contributed by atoms with Crippen molar-refractivity contribution >= 4 is 17.6 Å². The monoisotopic (exact) mass is 498 g/mol. The molecule has 0 radical (unpaired) electrons. The molecule has 0 saturated carbocycles. The Morgan fingerprint density at radius 3 is 2.47 bits per heavy atom. The number of hydrogen-bond acceptors (Lipinski definition) is 6. The fourth-order valence-electron chi connectivity index (χ4n) is 3.39. The molecule has 1 atom stereocenters. The SMILES string of the molecule is Cc1cc(=O)c(C(=O)OC(C)C(=O)N(CCC#N)c2ccccc2)nn1-c1cccc(C(F)(F)F)c1. The molecule has 0 N–H and O–H groups in total. The molecule has 1 amide bonds. The summed E-state index contributed by atoms with van der Waals surface area (Å²) in [4.78, 5) is 39.5. The van der Waals surface area contributed by atoms with Gasteiger partial charge in [0, 0.05) is 24.0 Å². The minimum atomic E-state index is -4.60. The predicted octanol–water partition coefficient (Wildman–Crippen LogP) is 4.05. The van der Waals surface area contributed by atoms with E-state index in [1.807, 2.05) is 6.07 Å². The number of nitrogens with zero attached hydrogens (tertiary/aromatic N) is 4. The van der Waals surface area contributed by atoms with E-state index in [0.29, 0.717) is 5.69 Å². The standard InChI is InChI=1S/C25H21F3N4O4/c1-16-14-21(33)22(30-32(16)20-11-6-8-18(15-20)25(26,27)28)24(35)36-17(2)23(34)31(13-7-12-29)19-9-4-3-5-10-19/h3-6,8-11,14-15,17H,7,13H2,1-2H3. The first kappa shape index (κ1) is 26.2. The van der Waals surface area contributed by atoms with Gasteiger partial charge >= 0.3 is 12.1 Å². The molecular formula is C25H21F3N4O4. The van der Waals surface area contributed by atoms with Crippen LogP contribution in [0.2, 0.25) is 0 Å². The summed E-state index contributed by atoms with van der Waals surface area (Å²) < 4.78 is 45.6. The smallest absolute Gasteiger partial charge is 0.416 e. The highest BCUT2D eigenvalue weighted by Crippen LogP contribution is 2.30. The number of hydrogen-bond donors (Lipinski definition) is 0. The number of amides is 1. The first-order valence-corrected chi connectivity index (χ1v) is 10.8. The van der Waals surface area contributed by atoms with Crippen molar-refractivity contribution in [2.75, 3.05) is 11.4 Å². The van der Waals surface area contributed by atoms with E-state index < -0.39 is 40.8 Å². The molecule has 36 heavy (non-hydrogen) atoms. The summed E-state index contributed by atoms with van der Waals surface area (Å²) in [5.74, 6) is -1.84. The highest BCUT2D eigenvalue weighted by Gasteiger charge is 2.31. The summed E-state index contributed by atoms with van der Waals surface area (Å²) in [6.45, 7) is 2.80. The molecule has 3 rings (SSSR count). The maximum atomic E-state index is 13.1. The van der Waals surface area contributed by atoms with Gasteiger partial charge in [0.2, 0.25) is 11.1 Å². The van der Waals surface area contributed by atoms with Crippen LogP contribution >= 0.6 is 0 Å². The quantitative estimate of drug-likeness (QED) is 0.455. The van der Waals surface area contributed by atoms with Crippen LogP contribution in [0.3, 0.4) is 0 Å². The first-order valence-electron chi connectivity index (χ1n) is 10.8. The minimum absolute atomic E-state index is 0.0211. The lowest BCUT2D eigenvalue weighted by Gasteiger charge is -2.25. The Balaban J connectivity index is 1.88. The predicted molar refractivity (Wildman–Crippen MR) is 123 cm³/mol. The maximum absolute atomic E-state index is 13.1. The van der Waals surface area contributed by atoms with Crippen molar-refractivity contribution in [1.29, 1.82) is 5.26 Å². The largest absolute Gasteiger partial charge is 0.448 e. The summed E-state index contributed by atoms with van der Waals surface area (Å²) in [6.07, 6.45) is -5.92. The average Bonchev–Trinajstić information content (AvgIpc) is 2.84. The van der Waals surface area contributed by atoms with E-state index in [0.717, 1.165) is 22.9 Å². The molecule has 0 saturated heterocycles. The highest BCUT2D eigenvalue weighted by atomic mass is 19.4. The summed E-state index contributed by atoms with van der Waals surface area (Å²) in [5, 5.41) is 12.9. The highest BCUT2D eigenvalue weighted by molar-refractivity contribution is 5.98. The molecule has 0 aliphatic heterocycles. The summed E-state index contributed by atoms with van der Waals surface area (Å²) >= 11 is 0. The van der Waals surface area contributed by atoms with E-state index in [4.69, 9.17) is 10.00 Å². The van der Waals surface area contributed by atoms with Gasteiger partial charge in [0.05, 0.1) is 23.7 Å². The van der Waals surface area contributed by atoms with Crippen molar-refractivity contribution in [3.8, 4) is 11.8 Å². The van der Waals surface area contributed by atoms with Crippen molar-refractivity contribution in [1.82, 2.24) is 9.78 Å². The van der Waals surface area contributed by atoms with Crippen LogP contribution in [0.15, 0.2) is 65.5 Å². The van der Waals surface area contributed by atoms with Gasteiger partial charge in [0.1, 0.15) is 0 Å². The molecule has 3 aromatic rings. The van der Waals surface area contributed by atoms with Gasteiger partial charge < -0.3 is 9.64 Å². The number of alkyl halides is 3. The second-order valence-corrected chi connectivity index (χ2v) is 7.74. The Labute approximate surface area is 204 Å². The van der Waals surface area contributed by atoms with Gasteiger partial charge in [-0.3, -0.25) is 9.59 Å². The van der Waals surface area contributed by atoms with Crippen LogP contribution < -0.4 is 10.3 Å². The number of esters is 1. The average molecular weight is 498 g/mol. The van der Waals surface area contributed by atoms with Gasteiger partial charge in [-0.2, -0.15) is 23.5 Å². The third-order valence-corrected chi connectivity index (χ3v) is 5.13. The Morgan fingerprint density at radius 2 is 1.83 bits per heavy atom. The minimum Gasteiger partial charge on any atom is -0.448 e. The third kappa shape index (κ3) is 5.96. The molecule has 1 aromatic heterocycles. The second-order valence-electron chi connectivity index (χ2n) is 7.74. The fraction of sp³-hybridized carbons (Fsp3) is 0.240. The van der Waals surface area contributed by atoms with Crippen molar-refractivity contribution in [3.63, 3.8) is 0 Å². The molecule has 0 spiro atoms. The normalized spacial score (nSPS) is 11.9. The number of rotatable bonds is 7. The zero-order valence-electron chi connectivity index (χ0n) is 19.3. The lowest BCUT2D eigenvalue weighted by molar-refractivity contribution is -0.137. The van der Waals surface area contributed by atoms with Crippen LogP contribution in [-0.4, -0.2) is 34.3 Å². The van der Waals surface area contributed by atoms with E-state index in [2.05, 4.69) is 5.10 Å². The van der Waals surface area contributed by atoms with Gasteiger partial charge in [-0.1, -0.05) is 24.3 Å². The third-order valence-electron chi connectivity index (χ3n) is 5.13. The maximum Gasteiger partial charge on any atom is 0.416 e. The Hall–Kier alpha value is -4.46. The molecule has 0 bridgehead atoms. The van der Waals surface area contributed by atoms with E-state index in [9.17, 15) is 27.6 Å². The van der Waals surface area contributed by atoms with Crippen LogP contribution in [0.4, 0.5) is 18.9 Å². The Morgan fingerprint density at radius 1 is 1.14 bits per heavy atom. The number of nitriles is 1. The van der Waals surface area contributed by atoms with E-state index >= 15 is 0 Å². The van der Waals surface area contributed by atoms with Crippen LogP contribution in [-0.2, 0) is 15.7 Å². The number of benzene rings is 2. The molecule has 1 unspecified atom stereocenters. The molecule has 1 heterocycles. The van der Waals surface area contributed by atoms with Crippen LogP contribution in [0.5, 0.6) is 0 Å². The molecule has 0 aliphatic carbocycles. The molecule has 11 heteroatoms. The summed E-state index contributed by atoms with van der Waals surface area (Å²) in [7, 11) is 0. The summed E-state index contributed by atoms with van der Waals surface area (Å²) in [6, 6.07) is 15.7. The van der Waals surface area contributed by atoms with Crippen molar-refractivity contribution in [2.24, 2.45) is 0 Å². The topological polar surface area (TPSA) is 105 Å². The molecule has 2 aromatic carbocycles. The first-order chi connectivity index (χ1) is 17.0. The van der Waals surface area contributed by atoms with Gasteiger partial charge in [-0.15, -0.1) is 0 Å². The Bertz CT molecular complexity index is 1360. The number of aryl methyl sites for hydroxylation is 1. The van der Waals surface area contributed by atoms with E-state index in [-0.39, 0.29) is 24.3 Å². The van der Waals surface area contributed by atoms with Crippen molar-refractivity contribution in [3.05, 3.63) is 87.8 Å². The summed E-state index contributed by atoms with van der Waals surface area (Å²) in [5.41, 5.74) is -1.78. The molecule has 0 fully saturated rings. The lowest BCUT2D eigenvalue weighted by Crippen LogP contribution is -2.41. The van der Waals surface area contributed by atoms with E-state index in [1.165, 1.54) is 30.9 Å². The number of carbonyl (C=O) groups excluding carboxylic acids is 2. The zero-order valence-corrected chi connectivity index (χ0v) is 19.3. The second kappa shape index (κ2) is 10.9. The van der Waals surface area contributed by atoms with Crippen LogP contribution in [0.25, 0.3) is 5.69 Å².